The maximum atomic E-state index is 4.27. The van der Waals surface area contributed by atoms with Crippen LogP contribution in [0.15, 0.2) is 18.5 Å². The van der Waals surface area contributed by atoms with Crippen molar-refractivity contribution < 1.29 is 0 Å². The lowest BCUT2D eigenvalue weighted by Crippen LogP contribution is -2.25. The van der Waals surface area contributed by atoms with Crippen molar-refractivity contribution in [3.63, 3.8) is 0 Å². The molecule has 94 valence electrons. The monoisotopic (exact) mass is 244 g/mol. The van der Waals surface area contributed by atoms with Crippen LogP contribution in [-0.2, 0) is 7.05 Å². The fourth-order valence-electron chi connectivity index (χ4n) is 2.45. The van der Waals surface area contributed by atoms with Gasteiger partial charge in [-0.1, -0.05) is 0 Å². The molecule has 1 saturated heterocycles. The molecule has 6 heteroatoms. The summed E-state index contributed by atoms with van der Waals surface area (Å²) in [5.41, 5.74) is 0.938. The van der Waals surface area contributed by atoms with E-state index in [1.807, 2.05) is 30.7 Å². The van der Waals surface area contributed by atoms with E-state index in [1.165, 1.54) is 0 Å². The molecule has 0 bridgehead atoms. The van der Waals surface area contributed by atoms with Gasteiger partial charge in [0.25, 0.3) is 0 Å². The molecule has 0 N–H and O–H groups in total. The maximum absolute atomic E-state index is 4.27. The Hall–Kier alpha value is -1.98. The van der Waals surface area contributed by atoms with Gasteiger partial charge >= 0.3 is 0 Å². The Labute approximate surface area is 106 Å². The largest absolute Gasteiger partial charge is 0.345 e. The zero-order chi connectivity index (χ0) is 12.5. The molecule has 6 nitrogen and oxygen atoms in total. The third kappa shape index (κ3) is 1.83. The van der Waals surface area contributed by atoms with Crippen molar-refractivity contribution in [1.82, 2.24) is 25.0 Å². The Morgan fingerprint density at radius 3 is 2.78 bits per heavy atom. The highest BCUT2D eigenvalue weighted by Crippen LogP contribution is 2.33. The molecule has 1 aliphatic rings. The third-order valence-corrected chi connectivity index (χ3v) is 3.38. The molecule has 2 aromatic rings. The third-order valence-electron chi connectivity index (χ3n) is 3.38. The smallest absolute Gasteiger partial charge is 0.155 e. The second kappa shape index (κ2) is 4.36. The summed E-state index contributed by atoms with van der Waals surface area (Å²) in [4.78, 5) is 2.26. The second-order valence-corrected chi connectivity index (χ2v) is 4.68. The van der Waals surface area contributed by atoms with E-state index in [0.717, 1.165) is 36.7 Å². The van der Waals surface area contributed by atoms with E-state index in [-0.39, 0.29) is 6.04 Å². The number of rotatable bonds is 2. The first kappa shape index (κ1) is 11.1. The minimum atomic E-state index is 0.259. The Bertz CT molecular complexity index is 532. The minimum absolute atomic E-state index is 0.259. The molecule has 0 aliphatic carbocycles. The Kier molecular flexibility index (Phi) is 2.70. The predicted molar refractivity (Wildman–Crippen MR) is 67.1 cm³/mol. The van der Waals surface area contributed by atoms with Gasteiger partial charge in [0.2, 0.25) is 0 Å². The first-order valence-electron chi connectivity index (χ1n) is 6.16. The van der Waals surface area contributed by atoms with Crippen LogP contribution >= 0.6 is 0 Å². The van der Waals surface area contributed by atoms with E-state index in [1.54, 1.807) is 6.33 Å². The SMILES string of the molecule is Cc1ccc(N2CCCC2c2nncn2C)nn1. The van der Waals surface area contributed by atoms with Crippen molar-refractivity contribution in [1.29, 1.82) is 0 Å². The van der Waals surface area contributed by atoms with E-state index in [0.29, 0.717) is 0 Å². The Balaban J connectivity index is 1.92. The number of nitrogens with zero attached hydrogens (tertiary/aromatic N) is 6. The average molecular weight is 244 g/mol. The van der Waals surface area contributed by atoms with Crippen molar-refractivity contribution in [2.24, 2.45) is 7.05 Å². The van der Waals surface area contributed by atoms with Crippen LogP contribution in [0.25, 0.3) is 0 Å². The van der Waals surface area contributed by atoms with E-state index in [9.17, 15) is 0 Å². The van der Waals surface area contributed by atoms with Gasteiger partial charge in [0, 0.05) is 13.6 Å². The molecule has 0 amide bonds. The molecule has 2 aromatic heterocycles. The molecule has 1 unspecified atom stereocenters. The summed E-state index contributed by atoms with van der Waals surface area (Å²) in [5, 5.41) is 16.6. The zero-order valence-electron chi connectivity index (χ0n) is 10.6. The topological polar surface area (TPSA) is 59.7 Å². The molecule has 3 rings (SSSR count). The van der Waals surface area contributed by atoms with E-state index >= 15 is 0 Å². The lowest BCUT2D eigenvalue weighted by molar-refractivity contribution is 0.622. The van der Waals surface area contributed by atoms with Gasteiger partial charge in [0.1, 0.15) is 6.33 Å². The van der Waals surface area contributed by atoms with E-state index in [4.69, 9.17) is 0 Å². The van der Waals surface area contributed by atoms with Crippen LogP contribution in [0.2, 0.25) is 0 Å². The van der Waals surface area contributed by atoms with Crippen LogP contribution in [0.4, 0.5) is 5.82 Å². The van der Waals surface area contributed by atoms with Gasteiger partial charge in [0.15, 0.2) is 11.6 Å². The predicted octanol–water partition coefficient (Wildman–Crippen LogP) is 1.26. The van der Waals surface area contributed by atoms with Gasteiger partial charge in [-0.15, -0.1) is 15.3 Å². The quantitative estimate of drug-likeness (QED) is 0.795. The van der Waals surface area contributed by atoms with Gasteiger partial charge in [-0.3, -0.25) is 0 Å². The molecule has 0 aromatic carbocycles. The zero-order valence-corrected chi connectivity index (χ0v) is 10.6. The molecule has 0 spiro atoms. The molecule has 1 aliphatic heterocycles. The van der Waals surface area contributed by atoms with Crippen molar-refractivity contribution in [2.45, 2.75) is 25.8 Å². The van der Waals surface area contributed by atoms with Crippen LogP contribution < -0.4 is 4.90 Å². The highest BCUT2D eigenvalue weighted by Gasteiger charge is 2.30. The highest BCUT2D eigenvalue weighted by molar-refractivity contribution is 5.41. The van der Waals surface area contributed by atoms with Crippen molar-refractivity contribution in [3.05, 3.63) is 30.0 Å². The Morgan fingerprint density at radius 1 is 1.22 bits per heavy atom. The van der Waals surface area contributed by atoms with E-state index in [2.05, 4.69) is 25.3 Å². The van der Waals surface area contributed by atoms with Crippen molar-refractivity contribution in [2.75, 3.05) is 11.4 Å². The van der Waals surface area contributed by atoms with Gasteiger partial charge in [0.05, 0.1) is 11.7 Å². The summed E-state index contributed by atoms with van der Waals surface area (Å²) in [6.45, 7) is 2.94. The molecular formula is C12H16N6. The summed E-state index contributed by atoms with van der Waals surface area (Å²) in [6, 6.07) is 4.28. The first-order chi connectivity index (χ1) is 8.75. The number of hydrogen-bond acceptors (Lipinski definition) is 5. The summed E-state index contributed by atoms with van der Waals surface area (Å²) < 4.78 is 1.98. The van der Waals surface area contributed by atoms with E-state index < -0.39 is 0 Å². The summed E-state index contributed by atoms with van der Waals surface area (Å²) in [6.07, 6.45) is 3.97. The van der Waals surface area contributed by atoms with Crippen LogP contribution in [-0.4, -0.2) is 31.5 Å². The summed E-state index contributed by atoms with van der Waals surface area (Å²) in [7, 11) is 1.98. The normalized spacial score (nSPS) is 19.4. The highest BCUT2D eigenvalue weighted by atomic mass is 15.3. The summed E-state index contributed by atoms with van der Waals surface area (Å²) >= 11 is 0. The number of aryl methyl sites for hydroxylation is 2. The van der Waals surface area contributed by atoms with Gasteiger partial charge in [-0.2, -0.15) is 5.10 Å². The number of anilines is 1. The van der Waals surface area contributed by atoms with Gasteiger partial charge < -0.3 is 9.47 Å². The van der Waals surface area contributed by atoms with Crippen LogP contribution in [0.5, 0.6) is 0 Å². The lowest BCUT2D eigenvalue weighted by Gasteiger charge is -2.24. The number of hydrogen-bond donors (Lipinski definition) is 0. The fraction of sp³-hybridized carbons (Fsp3) is 0.500. The van der Waals surface area contributed by atoms with Crippen LogP contribution in [0, 0.1) is 6.92 Å². The fourth-order valence-corrected chi connectivity index (χ4v) is 2.45. The summed E-state index contributed by atoms with van der Waals surface area (Å²) in [5.74, 6) is 1.92. The van der Waals surface area contributed by atoms with Gasteiger partial charge in [-0.05, 0) is 31.9 Å². The van der Waals surface area contributed by atoms with Crippen LogP contribution in [0.3, 0.4) is 0 Å². The molecule has 0 saturated carbocycles. The standard InChI is InChI=1S/C12H16N6/c1-9-5-6-11(15-14-9)18-7-3-4-10(18)12-16-13-8-17(12)2/h5-6,8,10H,3-4,7H2,1-2H3. The molecule has 1 atom stereocenters. The Morgan fingerprint density at radius 2 is 2.11 bits per heavy atom. The minimum Gasteiger partial charge on any atom is -0.345 e. The van der Waals surface area contributed by atoms with Gasteiger partial charge in [-0.25, -0.2) is 0 Å². The van der Waals surface area contributed by atoms with Crippen molar-refractivity contribution >= 4 is 5.82 Å². The van der Waals surface area contributed by atoms with Crippen molar-refractivity contribution in [3.8, 4) is 0 Å². The number of aromatic nitrogens is 5. The molecule has 3 heterocycles. The molecule has 1 fully saturated rings. The maximum Gasteiger partial charge on any atom is 0.155 e. The lowest BCUT2D eigenvalue weighted by atomic mass is 10.2. The molecule has 18 heavy (non-hydrogen) atoms. The molecule has 0 radical (unpaired) electrons. The average Bonchev–Trinajstić information content (AvgIpc) is 2.98. The second-order valence-electron chi connectivity index (χ2n) is 4.68. The van der Waals surface area contributed by atoms with Crippen LogP contribution in [0.1, 0.15) is 30.4 Å². The molecular weight excluding hydrogens is 228 g/mol. The first-order valence-corrected chi connectivity index (χ1v) is 6.16.